The topological polar surface area (TPSA) is 63.3 Å². The van der Waals surface area contributed by atoms with E-state index in [9.17, 15) is 4.79 Å². The van der Waals surface area contributed by atoms with Gasteiger partial charge in [-0.3, -0.25) is 4.79 Å². The van der Waals surface area contributed by atoms with Crippen LogP contribution >= 0.6 is 15.9 Å². The third-order valence-corrected chi connectivity index (χ3v) is 2.70. The number of benzene rings is 1. The Balaban J connectivity index is 3.03. The molecule has 0 aliphatic heterocycles. The van der Waals surface area contributed by atoms with E-state index in [1.54, 1.807) is 18.2 Å². The molecule has 0 fully saturated rings. The van der Waals surface area contributed by atoms with Crippen molar-refractivity contribution in [2.45, 2.75) is 13.0 Å². The van der Waals surface area contributed by atoms with Gasteiger partial charge < -0.3 is 10.8 Å². The molecule has 0 aliphatic rings. The maximum Gasteiger partial charge on any atom is 0.325 e. The summed E-state index contributed by atoms with van der Waals surface area (Å²) >= 11 is 3.33. The number of carboxylic acid groups (broad SMARTS) is 1. The molecule has 4 heteroatoms. The third kappa shape index (κ3) is 2.29. The van der Waals surface area contributed by atoms with E-state index in [1.807, 2.05) is 6.92 Å². The maximum absolute atomic E-state index is 10.6. The Hall–Kier alpha value is -0.870. The molecule has 0 spiro atoms. The van der Waals surface area contributed by atoms with Gasteiger partial charge in [0.25, 0.3) is 0 Å². The molecule has 0 heterocycles. The van der Waals surface area contributed by atoms with E-state index in [-0.39, 0.29) is 0 Å². The molecule has 1 aromatic carbocycles. The number of hydrogen-bond donors (Lipinski definition) is 2. The SMILES string of the molecule is Cc1cc([C@H](N)C(=O)O)ccc1Br. The molecule has 13 heavy (non-hydrogen) atoms. The van der Waals surface area contributed by atoms with E-state index in [2.05, 4.69) is 15.9 Å². The average Bonchev–Trinajstić information content (AvgIpc) is 2.08. The highest BCUT2D eigenvalue weighted by atomic mass is 79.9. The first-order chi connectivity index (χ1) is 6.02. The summed E-state index contributed by atoms with van der Waals surface area (Å²) in [5.41, 5.74) is 7.04. The zero-order chi connectivity index (χ0) is 10.0. The lowest BCUT2D eigenvalue weighted by molar-refractivity contribution is -0.138. The number of carboxylic acids is 1. The van der Waals surface area contributed by atoms with Crippen LogP contribution in [0.25, 0.3) is 0 Å². The Morgan fingerprint density at radius 3 is 2.69 bits per heavy atom. The second-order valence-corrected chi connectivity index (χ2v) is 3.68. The zero-order valence-electron chi connectivity index (χ0n) is 7.12. The minimum absolute atomic E-state index is 0.619. The molecule has 0 radical (unpaired) electrons. The molecule has 1 aromatic rings. The summed E-state index contributed by atoms with van der Waals surface area (Å²) in [6.07, 6.45) is 0. The van der Waals surface area contributed by atoms with Gasteiger partial charge in [0.1, 0.15) is 6.04 Å². The summed E-state index contributed by atoms with van der Waals surface area (Å²) in [6, 6.07) is 4.33. The van der Waals surface area contributed by atoms with Crippen LogP contribution in [0.5, 0.6) is 0 Å². The lowest BCUT2D eigenvalue weighted by atomic mass is 10.1. The first-order valence-electron chi connectivity index (χ1n) is 3.77. The highest BCUT2D eigenvalue weighted by molar-refractivity contribution is 9.10. The standard InChI is InChI=1S/C9H10BrNO2/c1-5-4-6(2-3-7(5)10)8(11)9(12)13/h2-4,8H,11H2,1H3,(H,12,13)/t8-/m0/s1. The van der Waals surface area contributed by atoms with Crippen LogP contribution in [0.3, 0.4) is 0 Å². The number of nitrogens with two attached hydrogens (primary N) is 1. The van der Waals surface area contributed by atoms with Gasteiger partial charge >= 0.3 is 5.97 Å². The zero-order valence-corrected chi connectivity index (χ0v) is 8.71. The molecule has 70 valence electrons. The van der Waals surface area contributed by atoms with Gasteiger partial charge in [-0.05, 0) is 24.1 Å². The average molecular weight is 244 g/mol. The fraction of sp³-hybridized carbons (Fsp3) is 0.222. The van der Waals surface area contributed by atoms with Crippen LogP contribution in [-0.4, -0.2) is 11.1 Å². The highest BCUT2D eigenvalue weighted by Crippen LogP contribution is 2.20. The minimum Gasteiger partial charge on any atom is -0.480 e. The first kappa shape index (κ1) is 10.2. The normalized spacial score (nSPS) is 12.5. The summed E-state index contributed by atoms with van der Waals surface area (Å²) in [5, 5.41) is 8.66. The summed E-state index contributed by atoms with van der Waals surface area (Å²) in [7, 11) is 0. The number of halogens is 1. The van der Waals surface area contributed by atoms with E-state index in [0.29, 0.717) is 5.56 Å². The molecule has 0 aliphatic carbocycles. The summed E-state index contributed by atoms with van der Waals surface area (Å²) in [6.45, 7) is 1.89. The van der Waals surface area contributed by atoms with E-state index >= 15 is 0 Å². The van der Waals surface area contributed by atoms with Gasteiger partial charge in [-0.15, -0.1) is 0 Å². The predicted octanol–water partition coefficient (Wildman–Crippen LogP) is 1.84. The number of aryl methyl sites for hydroxylation is 1. The van der Waals surface area contributed by atoms with Gasteiger partial charge in [-0.1, -0.05) is 28.1 Å². The maximum atomic E-state index is 10.6. The summed E-state index contributed by atoms with van der Waals surface area (Å²) < 4.78 is 0.953. The van der Waals surface area contributed by atoms with Crippen molar-refractivity contribution < 1.29 is 9.90 Å². The fourth-order valence-corrected chi connectivity index (χ4v) is 1.25. The van der Waals surface area contributed by atoms with Crippen molar-refractivity contribution in [3.05, 3.63) is 33.8 Å². The van der Waals surface area contributed by atoms with Crippen molar-refractivity contribution >= 4 is 21.9 Å². The summed E-state index contributed by atoms with van der Waals surface area (Å²) in [5.74, 6) is -1.01. The molecule has 0 saturated heterocycles. The molecule has 0 amide bonds. The molecule has 0 saturated carbocycles. The molecule has 1 atom stereocenters. The van der Waals surface area contributed by atoms with Gasteiger partial charge in [-0.2, -0.15) is 0 Å². The molecule has 1 rings (SSSR count). The molecular weight excluding hydrogens is 234 g/mol. The third-order valence-electron chi connectivity index (χ3n) is 1.81. The Bertz CT molecular complexity index is 338. The van der Waals surface area contributed by atoms with Crippen molar-refractivity contribution in [3.8, 4) is 0 Å². The molecule has 3 N–H and O–H groups in total. The lowest BCUT2D eigenvalue weighted by Gasteiger charge is -2.08. The van der Waals surface area contributed by atoms with Gasteiger partial charge in [0, 0.05) is 4.47 Å². The van der Waals surface area contributed by atoms with Crippen LogP contribution in [0.4, 0.5) is 0 Å². The monoisotopic (exact) mass is 243 g/mol. The minimum atomic E-state index is -1.01. The number of aliphatic carboxylic acids is 1. The Labute approximate surface area is 84.7 Å². The van der Waals surface area contributed by atoms with Gasteiger partial charge in [-0.25, -0.2) is 0 Å². The van der Waals surface area contributed by atoms with E-state index in [1.165, 1.54) is 0 Å². The second-order valence-electron chi connectivity index (χ2n) is 2.82. The summed E-state index contributed by atoms with van der Waals surface area (Å²) in [4.78, 5) is 10.6. The Morgan fingerprint density at radius 2 is 2.23 bits per heavy atom. The lowest BCUT2D eigenvalue weighted by Crippen LogP contribution is -2.20. The first-order valence-corrected chi connectivity index (χ1v) is 4.56. The van der Waals surface area contributed by atoms with Crippen LogP contribution in [-0.2, 0) is 4.79 Å². The van der Waals surface area contributed by atoms with E-state index in [4.69, 9.17) is 10.8 Å². The molecule has 0 aromatic heterocycles. The van der Waals surface area contributed by atoms with Crippen LogP contribution < -0.4 is 5.73 Å². The molecule has 3 nitrogen and oxygen atoms in total. The Kier molecular flexibility index (Phi) is 3.06. The van der Waals surface area contributed by atoms with Gasteiger partial charge in [0.15, 0.2) is 0 Å². The van der Waals surface area contributed by atoms with Crippen molar-refractivity contribution in [2.24, 2.45) is 5.73 Å². The smallest absolute Gasteiger partial charge is 0.325 e. The molecule has 0 bridgehead atoms. The quantitative estimate of drug-likeness (QED) is 0.834. The highest BCUT2D eigenvalue weighted by Gasteiger charge is 2.14. The predicted molar refractivity (Wildman–Crippen MR) is 53.4 cm³/mol. The van der Waals surface area contributed by atoms with Crippen molar-refractivity contribution in [2.75, 3.05) is 0 Å². The van der Waals surface area contributed by atoms with Gasteiger partial charge in [0.05, 0.1) is 0 Å². The van der Waals surface area contributed by atoms with Crippen LogP contribution in [0.2, 0.25) is 0 Å². The van der Waals surface area contributed by atoms with Crippen molar-refractivity contribution in [1.29, 1.82) is 0 Å². The van der Waals surface area contributed by atoms with Gasteiger partial charge in [0.2, 0.25) is 0 Å². The van der Waals surface area contributed by atoms with E-state index in [0.717, 1.165) is 10.0 Å². The number of hydrogen-bond acceptors (Lipinski definition) is 2. The number of rotatable bonds is 2. The van der Waals surface area contributed by atoms with Crippen molar-refractivity contribution in [3.63, 3.8) is 0 Å². The van der Waals surface area contributed by atoms with E-state index < -0.39 is 12.0 Å². The fourth-order valence-electron chi connectivity index (χ4n) is 1.00. The molecular formula is C9H10BrNO2. The van der Waals surface area contributed by atoms with Crippen LogP contribution in [0.15, 0.2) is 22.7 Å². The second kappa shape index (κ2) is 3.89. The largest absolute Gasteiger partial charge is 0.480 e. The number of carbonyl (C=O) groups is 1. The van der Waals surface area contributed by atoms with Crippen molar-refractivity contribution in [1.82, 2.24) is 0 Å². The Morgan fingerprint density at radius 1 is 1.62 bits per heavy atom. The van der Waals surface area contributed by atoms with Crippen LogP contribution in [0.1, 0.15) is 17.2 Å². The molecule has 0 unspecified atom stereocenters. The van der Waals surface area contributed by atoms with Crippen LogP contribution in [0, 0.1) is 6.92 Å².